The number of hydrogen-bond acceptors (Lipinski definition) is 3. The highest BCUT2D eigenvalue weighted by molar-refractivity contribution is 5.75. The van der Waals surface area contributed by atoms with E-state index >= 15 is 0 Å². The van der Waals surface area contributed by atoms with Gasteiger partial charge < -0.3 is 20.0 Å². The van der Waals surface area contributed by atoms with Crippen LogP contribution >= 0.6 is 0 Å². The summed E-state index contributed by atoms with van der Waals surface area (Å²) in [6, 6.07) is 4.30. The monoisotopic (exact) mass is 303 g/mol. The number of H-pyrrole nitrogens is 2. The summed E-state index contributed by atoms with van der Waals surface area (Å²) in [5.74, 6) is 0. The van der Waals surface area contributed by atoms with E-state index in [4.69, 9.17) is 0 Å². The quantitative estimate of drug-likeness (QED) is 0.812. The number of amides is 1. The molecule has 1 heterocycles. The van der Waals surface area contributed by atoms with E-state index in [9.17, 15) is 22.8 Å². The SMILES string of the molecule is CC(NC(=O)OCC(F)(F)F)c1ccc2[nH]c(=O)[nH]c2c1. The lowest BCUT2D eigenvalue weighted by atomic mass is 10.1. The molecule has 1 amide bonds. The Labute approximate surface area is 116 Å². The Morgan fingerprint density at radius 3 is 2.67 bits per heavy atom. The molecule has 2 aromatic rings. The Balaban J connectivity index is 2.02. The highest BCUT2D eigenvalue weighted by atomic mass is 19.4. The lowest BCUT2D eigenvalue weighted by Crippen LogP contribution is -2.30. The van der Waals surface area contributed by atoms with E-state index in [2.05, 4.69) is 20.0 Å². The zero-order valence-corrected chi connectivity index (χ0v) is 10.9. The summed E-state index contributed by atoms with van der Waals surface area (Å²) in [6.07, 6.45) is -5.73. The predicted octanol–water partition coefficient (Wildman–Crippen LogP) is 2.21. The molecule has 0 radical (unpaired) electrons. The molecule has 114 valence electrons. The average Bonchev–Trinajstić information content (AvgIpc) is 2.74. The van der Waals surface area contributed by atoms with Gasteiger partial charge in [0.1, 0.15) is 0 Å². The van der Waals surface area contributed by atoms with Gasteiger partial charge in [0.2, 0.25) is 0 Å². The molecule has 2 rings (SSSR count). The van der Waals surface area contributed by atoms with E-state index in [1.807, 2.05) is 0 Å². The molecule has 0 saturated heterocycles. The molecule has 1 aromatic heterocycles. The van der Waals surface area contributed by atoms with Crippen LogP contribution in [-0.4, -0.2) is 28.8 Å². The van der Waals surface area contributed by atoms with Gasteiger partial charge in [0, 0.05) is 0 Å². The summed E-state index contributed by atoms with van der Waals surface area (Å²) in [5.41, 5.74) is 1.37. The van der Waals surface area contributed by atoms with Gasteiger partial charge >= 0.3 is 18.0 Å². The number of aromatic amines is 2. The first-order valence-electron chi connectivity index (χ1n) is 5.96. The number of aromatic nitrogens is 2. The predicted molar refractivity (Wildman–Crippen MR) is 67.9 cm³/mol. The molecule has 0 saturated carbocycles. The number of imidazole rings is 1. The van der Waals surface area contributed by atoms with E-state index in [0.29, 0.717) is 16.6 Å². The fourth-order valence-electron chi connectivity index (χ4n) is 1.77. The molecule has 0 aliphatic rings. The summed E-state index contributed by atoms with van der Waals surface area (Å²) in [5, 5.41) is 2.28. The summed E-state index contributed by atoms with van der Waals surface area (Å²) < 4.78 is 39.8. The summed E-state index contributed by atoms with van der Waals surface area (Å²) in [4.78, 5) is 27.5. The Morgan fingerprint density at radius 1 is 1.33 bits per heavy atom. The normalized spacial score (nSPS) is 13.1. The minimum atomic E-state index is -4.57. The van der Waals surface area contributed by atoms with Crippen LogP contribution < -0.4 is 11.0 Å². The Morgan fingerprint density at radius 2 is 2.00 bits per heavy atom. The maximum Gasteiger partial charge on any atom is 0.422 e. The third-order valence-corrected chi connectivity index (χ3v) is 2.74. The van der Waals surface area contributed by atoms with Crippen molar-refractivity contribution >= 4 is 17.1 Å². The molecular weight excluding hydrogens is 291 g/mol. The van der Waals surface area contributed by atoms with Gasteiger partial charge in [-0.25, -0.2) is 9.59 Å². The summed E-state index contributed by atoms with van der Waals surface area (Å²) >= 11 is 0. The molecular formula is C12H12F3N3O3. The van der Waals surface area contributed by atoms with Crippen molar-refractivity contribution in [2.75, 3.05) is 6.61 Å². The van der Waals surface area contributed by atoms with Crippen molar-refractivity contribution in [3.8, 4) is 0 Å². The zero-order valence-electron chi connectivity index (χ0n) is 10.9. The Hall–Kier alpha value is -2.45. The largest absolute Gasteiger partial charge is 0.440 e. The third-order valence-electron chi connectivity index (χ3n) is 2.74. The number of rotatable bonds is 3. The number of carbonyl (C=O) groups excluding carboxylic acids is 1. The second-order valence-electron chi connectivity index (χ2n) is 4.44. The van der Waals surface area contributed by atoms with Crippen molar-refractivity contribution in [2.45, 2.75) is 19.1 Å². The van der Waals surface area contributed by atoms with Crippen LogP contribution in [0.3, 0.4) is 0 Å². The molecule has 0 fully saturated rings. The topological polar surface area (TPSA) is 87.0 Å². The van der Waals surface area contributed by atoms with Gasteiger partial charge in [-0.05, 0) is 24.6 Å². The van der Waals surface area contributed by atoms with Crippen molar-refractivity contribution < 1.29 is 22.7 Å². The molecule has 9 heteroatoms. The van der Waals surface area contributed by atoms with Crippen LogP contribution in [0, 0.1) is 0 Å². The van der Waals surface area contributed by atoms with Crippen molar-refractivity contribution in [1.82, 2.24) is 15.3 Å². The van der Waals surface area contributed by atoms with Gasteiger partial charge in [0.15, 0.2) is 6.61 Å². The minimum absolute atomic E-state index is 0.368. The van der Waals surface area contributed by atoms with E-state index in [-0.39, 0.29) is 5.69 Å². The summed E-state index contributed by atoms with van der Waals surface area (Å²) in [7, 11) is 0. The number of hydrogen-bond donors (Lipinski definition) is 3. The molecule has 1 atom stereocenters. The van der Waals surface area contributed by atoms with Crippen molar-refractivity contribution in [3.05, 3.63) is 34.2 Å². The van der Waals surface area contributed by atoms with Crippen LogP contribution in [0.2, 0.25) is 0 Å². The maximum atomic E-state index is 11.9. The maximum absolute atomic E-state index is 11.9. The van der Waals surface area contributed by atoms with Crippen LogP contribution in [0.25, 0.3) is 11.0 Å². The molecule has 0 bridgehead atoms. The second kappa shape index (κ2) is 5.51. The van der Waals surface area contributed by atoms with Crippen LogP contribution in [0.4, 0.5) is 18.0 Å². The molecule has 1 aromatic carbocycles. The highest BCUT2D eigenvalue weighted by Gasteiger charge is 2.29. The van der Waals surface area contributed by atoms with Gasteiger partial charge in [-0.1, -0.05) is 6.07 Å². The van der Waals surface area contributed by atoms with Crippen LogP contribution in [0.1, 0.15) is 18.5 Å². The second-order valence-corrected chi connectivity index (χ2v) is 4.44. The first-order chi connectivity index (χ1) is 9.74. The minimum Gasteiger partial charge on any atom is -0.440 e. The van der Waals surface area contributed by atoms with E-state index in [1.54, 1.807) is 25.1 Å². The number of alkyl carbamates (subject to hydrolysis) is 1. The Bertz CT molecular complexity index is 705. The smallest absolute Gasteiger partial charge is 0.422 e. The fraction of sp³-hybridized carbons (Fsp3) is 0.333. The molecule has 3 N–H and O–H groups in total. The van der Waals surface area contributed by atoms with Crippen LogP contribution in [0.15, 0.2) is 23.0 Å². The number of benzene rings is 1. The average molecular weight is 303 g/mol. The molecule has 6 nitrogen and oxygen atoms in total. The lowest BCUT2D eigenvalue weighted by Gasteiger charge is -2.15. The van der Waals surface area contributed by atoms with Gasteiger partial charge in [0.05, 0.1) is 17.1 Å². The number of fused-ring (bicyclic) bond motifs is 1. The van der Waals surface area contributed by atoms with Crippen molar-refractivity contribution in [2.24, 2.45) is 0 Å². The van der Waals surface area contributed by atoms with Gasteiger partial charge in [-0.3, -0.25) is 0 Å². The number of ether oxygens (including phenoxy) is 1. The third kappa shape index (κ3) is 4.01. The molecule has 0 aliphatic carbocycles. The van der Waals surface area contributed by atoms with Gasteiger partial charge in [0.25, 0.3) is 0 Å². The lowest BCUT2D eigenvalue weighted by molar-refractivity contribution is -0.160. The highest BCUT2D eigenvalue weighted by Crippen LogP contribution is 2.18. The molecule has 21 heavy (non-hydrogen) atoms. The Kier molecular flexibility index (Phi) is 3.92. The standard InChI is InChI=1S/C12H12F3N3O3/c1-6(16-11(20)21-5-12(13,14)15)7-2-3-8-9(4-7)18-10(19)17-8/h2-4,6H,5H2,1H3,(H,16,20)(H2,17,18,19). The molecule has 0 spiro atoms. The van der Waals surface area contributed by atoms with Gasteiger partial charge in [-0.15, -0.1) is 0 Å². The van der Waals surface area contributed by atoms with Crippen LogP contribution in [-0.2, 0) is 4.74 Å². The first-order valence-corrected chi connectivity index (χ1v) is 5.96. The number of carbonyl (C=O) groups is 1. The van der Waals surface area contributed by atoms with E-state index in [1.165, 1.54) is 0 Å². The fourth-order valence-corrected chi connectivity index (χ4v) is 1.77. The zero-order chi connectivity index (χ0) is 15.6. The van der Waals surface area contributed by atoms with E-state index in [0.717, 1.165) is 0 Å². The van der Waals surface area contributed by atoms with E-state index < -0.39 is 24.9 Å². The van der Waals surface area contributed by atoms with Crippen LogP contribution in [0.5, 0.6) is 0 Å². The summed E-state index contributed by atoms with van der Waals surface area (Å²) in [6.45, 7) is -0.0590. The molecule has 0 aliphatic heterocycles. The van der Waals surface area contributed by atoms with Crippen molar-refractivity contribution in [1.29, 1.82) is 0 Å². The van der Waals surface area contributed by atoms with Gasteiger partial charge in [-0.2, -0.15) is 13.2 Å². The number of halogens is 3. The number of alkyl halides is 3. The number of nitrogens with one attached hydrogen (secondary N) is 3. The van der Waals surface area contributed by atoms with Crippen molar-refractivity contribution in [3.63, 3.8) is 0 Å². The molecule has 1 unspecified atom stereocenters. The first kappa shape index (κ1) is 14.9.